The second kappa shape index (κ2) is 11.5. The summed E-state index contributed by atoms with van der Waals surface area (Å²) in [5, 5.41) is 3.21. The van der Waals surface area contributed by atoms with Gasteiger partial charge in [0.15, 0.2) is 5.79 Å². The van der Waals surface area contributed by atoms with Gasteiger partial charge in [0.25, 0.3) is 0 Å². The van der Waals surface area contributed by atoms with Gasteiger partial charge in [0.05, 0.1) is 13.2 Å². The van der Waals surface area contributed by atoms with Gasteiger partial charge < -0.3 is 19.6 Å². The summed E-state index contributed by atoms with van der Waals surface area (Å²) in [7, 11) is 0. The van der Waals surface area contributed by atoms with Crippen molar-refractivity contribution in [3.63, 3.8) is 0 Å². The summed E-state index contributed by atoms with van der Waals surface area (Å²) >= 11 is 0. The van der Waals surface area contributed by atoms with Crippen molar-refractivity contribution < 1.29 is 19.1 Å². The largest absolute Gasteiger partial charge is 0.351 e. The molecule has 0 aliphatic rings. The predicted molar refractivity (Wildman–Crippen MR) is 134 cm³/mol. The summed E-state index contributed by atoms with van der Waals surface area (Å²) in [4.78, 5) is 24.3. The van der Waals surface area contributed by atoms with Crippen LogP contribution in [-0.2, 0) is 19.1 Å². The molecule has 1 N–H and O–H groups in total. The van der Waals surface area contributed by atoms with Gasteiger partial charge in [-0.1, -0.05) is 55.4 Å². The highest BCUT2D eigenvalue weighted by atomic mass is 16.7. The third kappa shape index (κ3) is 12.9. The number of ketones is 1. The number of carbonyl (C=O) groups is 2. The summed E-state index contributed by atoms with van der Waals surface area (Å²) in [5.74, 6) is -0.353. The first kappa shape index (κ1) is 31.1. The number of rotatable bonds is 15. The lowest BCUT2D eigenvalue weighted by Crippen LogP contribution is -2.48. The molecule has 0 aliphatic carbocycles. The molecule has 0 aromatic heterocycles. The predicted octanol–water partition coefficient (Wildman–Crippen LogP) is 6.53. The molecular weight excluding hydrogens is 402 g/mol. The Hall–Kier alpha value is -0.940. The molecule has 0 bridgehead atoms. The van der Waals surface area contributed by atoms with Gasteiger partial charge in [-0.2, -0.15) is 0 Å². The average Bonchev–Trinajstić information content (AvgIpc) is 2.56. The molecule has 0 aromatic carbocycles. The van der Waals surface area contributed by atoms with Crippen LogP contribution in [0, 0.1) is 22.2 Å². The Morgan fingerprint density at radius 3 is 1.75 bits per heavy atom. The Morgan fingerprint density at radius 2 is 1.31 bits per heavy atom. The molecule has 0 radical (unpaired) electrons. The van der Waals surface area contributed by atoms with Gasteiger partial charge in [-0.3, -0.25) is 4.79 Å². The summed E-state index contributed by atoms with van der Waals surface area (Å²) in [6.45, 7) is 27.9. The Kier molecular flexibility index (Phi) is 11.1. The second-order valence-corrected chi connectivity index (χ2v) is 13.2. The van der Waals surface area contributed by atoms with Crippen molar-refractivity contribution in [2.75, 3.05) is 13.2 Å². The van der Waals surface area contributed by atoms with Gasteiger partial charge in [0.1, 0.15) is 5.78 Å². The number of ether oxygens (including phenoxy) is 2. The third-order valence-electron chi connectivity index (χ3n) is 6.51. The average molecular weight is 456 g/mol. The third-order valence-corrected chi connectivity index (χ3v) is 6.51. The molecule has 1 amide bonds. The van der Waals surface area contributed by atoms with Crippen LogP contribution in [0.4, 0.5) is 0 Å². The molecule has 5 heteroatoms. The maximum atomic E-state index is 12.8. The van der Waals surface area contributed by atoms with E-state index in [0.29, 0.717) is 26.1 Å². The Labute approximate surface area is 198 Å². The fourth-order valence-electron chi connectivity index (χ4n) is 3.97. The lowest BCUT2D eigenvalue weighted by atomic mass is 9.74. The fourth-order valence-corrected chi connectivity index (χ4v) is 3.97. The van der Waals surface area contributed by atoms with E-state index in [1.54, 1.807) is 6.92 Å². The van der Waals surface area contributed by atoms with Crippen LogP contribution >= 0.6 is 0 Å². The van der Waals surface area contributed by atoms with Crippen LogP contribution in [0.3, 0.4) is 0 Å². The highest BCUT2D eigenvalue weighted by molar-refractivity contribution is 5.78. The molecular formula is C27H53NO4. The van der Waals surface area contributed by atoms with E-state index >= 15 is 0 Å². The molecule has 0 heterocycles. The first-order chi connectivity index (χ1) is 14.1. The molecule has 0 fully saturated rings. The monoisotopic (exact) mass is 455 g/mol. The SMILES string of the molecule is CCC(C)(C)COC(C)(C)OCC(C)(C)CC(C)(C)NC(=O)CC(C)C(C)(C)CC(C)=O. The van der Waals surface area contributed by atoms with E-state index in [9.17, 15) is 9.59 Å². The highest BCUT2D eigenvalue weighted by Crippen LogP contribution is 2.34. The molecule has 0 aliphatic heterocycles. The van der Waals surface area contributed by atoms with E-state index in [2.05, 4.69) is 74.6 Å². The summed E-state index contributed by atoms with van der Waals surface area (Å²) in [6, 6.07) is 0. The van der Waals surface area contributed by atoms with Crippen molar-refractivity contribution in [1.29, 1.82) is 0 Å². The first-order valence-electron chi connectivity index (χ1n) is 12.2. The van der Waals surface area contributed by atoms with Crippen LogP contribution in [0.25, 0.3) is 0 Å². The van der Waals surface area contributed by atoms with E-state index in [1.807, 2.05) is 13.8 Å². The zero-order valence-corrected chi connectivity index (χ0v) is 23.5. The summed E-state index contributed by atoms with van der Waals surface area (Å²) in [6.07, 6.45) is 2.72. The van der Waals surface area contributed by atoms with Crippen molar-refractivity contribution in [1.82, 2.24) is 5.32 Å². The van der Waals surface area contributed by atoms with E-state index in [0.717, 1.165) is 12.8 Å². The summed E-state index contributed by atoms with van der Waals surface area (Å²) in [5.41, 5.74) is -0.586. The van der Waals surface area contributed by atoms with Gasteiger partial charge in [0, 0.05) is 18.4 Å². The Morgan fingerprint density at radius 1 is 0.844 bits per heavy atom. The van der Waals surface area contributed by atoms with Gasteiger partial charge in [-0.25, -0.2) is 0 Å². The van der Waals surface area contributed by atoms with Crippen LogP contribution in [-0.4, -0.2) is 36.2 Å². The molecule has 0 saturated heterocycles. The minimum absolute atomic E-state index is 0.0290. The quantitative estimate of drug-likeness (QED) is 0.285. The van der Waals surface area contributed by atoms with E-state index in [4.69, 9.17) is 9.47 Å². The van der Waals surface area contributed by atoms with Crippen LogP contribution < -0.4 is 5.32 Å². The molecule has 5 nitrogen and oxygen atoms in total. The van der Waals surface area contributed by atoms with Gasteiger partial charge >= 0.3 is 0 Å². The Balaban J connectivity index is 4.82. The van der Waals surface area contributed by atoms with Crippen molar-refractivity contribution in [3.8, 4) is 0 Å². The molecule has 0 aromatic rings. The van der Waals surface area contributed by atoms with E-state index < -0.39 is 5.79 Å². The maximum Gasteiger partial charge on any atom is 0.220 e. The van der Waals surface area contributed by atoms with Crippen molar-refractivity contribution in [2.24, 2.45) is 22.2 Å². The molecule has 0 saturated carbocycles. The van der Waals surface area contributed by atoms with Crippen molar-refractivity contribution >= 4 is 11.7 Å². The zero-order chi connectivity index (χ0) is 25.6. The lowest BCUT2D eigenvalue weighted by molar-refractivity contribution is -0.237. The molecule has 1 atom stereocenters. The van der Waals surface area contributed by atoms with Gasteiger partial charge in [-0.15, -0.1) is 0 Å². The van der Waals surface area contributed by atoms with Gasteiger partial charge in [0.2, 0.25) is 5.91 Å². The standard InChI is InChI=1S/C27H53NO4/c1-14-23(4,5)18-31-27(12,13)32-19-24(6,7)17-26(10,11)28-22(30)15-20(2)25(8,9)16-21(3)29/h20H,14-19H2,1-13H3,(H,28,30). The smallest absolute Gasteiger partial charge is 0.220 e. The molecule has 1 unspecified atom stereocenters. The van der Waals surface area contributed by atoms with E-state index in [-0.39, 0.29) is 39.4 Å². The normalized spacial score (nSPS) is 14.9. The number of nitrogens with one attached hydrogen (secondary N) is 1. The van der Waals surface area contributed by atoms with Crippen molar-refractivity contribution in [2.45, 2.75) is 127 Å². The first-order valence-corrected chi connectivity index (χ1v) is 12.2. The number of amides is 1. The molecule has 190 valence electrons. The maximum absolute atomic E-state index is 12.8. The number of hydrogen-bond donors (Lipinski definition) is 1. The number of hydrogen-bond acceptors (Lipinski definition) is 4. The number of Topliss-reactive ketones (excluding diaryl/α,β-unsaturated/α-hetero) is 1. The van der Waals surface area contributed by atoms with E-state index in [1.165, 1.54) is 0 Å². The molecule has 32 heavy (non-hydrogen) atoms. The molecule has 0 rings (SSSR count). The van der Waals surface area contributed by atoms with Crippen LogP contribution in [0.5, 0.6) is 0 Å². The minimum Gasteiger partial charge on any atom is -0.351 e. The molecule has 0 spiro atoms. The topological polar surface area (TPSA) is 64.6 Å². The van der Waals surface area contributed by atoms with Gasteiger partial charge in [-0.05, 0) is 69.6 Å². The van der Waals surface area contributed by atoms with Crippen molar-refractivity contribution in [3.05, 3.63) is 0 Å². The van der Waals surface area contributed by atoms with Crippen LogP contribution in [0.1, 0.15) is 116 Å². The second-order valence-electron chi connectivity index (χ2n) is 13.2. The Bertz CT molecular complexity index is 617. The van der Waals surface area contributed by atoms with Crippen LogP contribution in [0.15, 0.2) is 0 Å². The minimum atomic E-state index is -0.658. The fraction of sp³-hybridized carbons (Fsp3) is 0.926. The lowest BCUT2D eigenvalue weighted by Gasteiger charge is -2.39. The highest BCUT2D eigenvalue weighted by Gasteiger charge is 2.35. The summed E-state index contributed by atoms with van der Waals surface area (Å²) < 4.78 is 12.2. The van der Waals surface area contributed by atoms with Crippen LogP contribution in [0.2, 0.25) is 0 Å². The zero-order valence-electron chi connectivity index (χ0n) is 23.5. The number of carbonyl (C=O) groups excluding carboxylic acids is 2.